The smallest absolute Gasteiger partial charge is 0.322 e. The summed E-state index contributed by atoms with van der Waals surface area (Å²) in [6.45, 7) is 3.11. The summed E-state index contributed by atoms with van der Waals surface area (Å²) in [5.41, 5.74) is 49.3. The second-order valence-corrected chi connectivity index (χ2v) is 17.4. The second kappa shape index (κ2) is 45.6. The van der Waals surface area contributed by atoms with Crippen molar-refractivity contribution in [3.8, 4) is 0 Å². The number of aliphatic hydroxyl groups excluding tert-OH is 1. The Morgan fingerprint density at radius 2 is 0.872 bits per heavy atom. The highest BCUT2D eigenvalue weighted by molar-refractivity contribution is 7.98. The van der Waals surface area contributed by atoms with Crippen LogP contribution in [0.1, 0.15) is 49.8 Å². The number of carbonyl (C=O) groups is 9. The molecular formula is C49H78N10O18S. The molecule has 7 atom stereocenters. The molecule has 28 nitrogen and oxygen atoms in total. The number of nitrogens with one attached hydrogen (secondary N) is 1. The van der Waals surface area contributed by atoms with E-state index in [1.807, 2.05) is 111 Å². The zero-order chi connectivity index (χ0) is 61.1. The summed E-state index contributed by atoms with van der Waals surface area (Å²) in [6.07, 6.45) is 5.65. The number of fused-ring (bicyclic) bond motifs is 1. The maximum absolute atomic E-state index is 10.6. The number of aliphatic hydroxyl groups is 1. The van der Waals surface area contributed by atoms with Crippen LogP contribution in [0.25, 0.3) is 10.9 Å². The van der Waals surface area contributed by atoms with Crippen LogP contribution in [-0.4, -0.2) is 172 Å². The lowest BCUT2D eigenvalue weighted by Gasteiger charge is -2.07. The molecule has 0 spiro atoms. The van der Waals surface area contributed by atoms with E-state index >= 15 is 0 Å². The van der Waals surface area contributed by atoms with Gasteiger partial charge in [-0.3, -0.25) is 43.2 Å². The van der Waals surface area contributed by atoms with Crippen molar-refractivity contribution in [2.24, 2.45) is 57.5 Å². The highest BCUT2D eigenvalue weighted by atomic mass is 32.2. The first-order valence-corrected chi connectivity index (χ1v) is 24.5. The molecule has 29 heteroatoms. The summed E-state index contributed by atoms with van der Waals surface area (Å²) in [5, 5.41) is 75.0. The van der Waals surface area contributed by atoms with Crippen molar-refractivity contribution in [1.29, 1.82) is 0 Å². The minimum Gasteiger partial charge on any atom is -0.480 e. The topological polar surface area (TPSA) is 586 Å². The number of hydrogen-bond acceptors (Lipinski definition) is 19. The molecule has 0 unspecified atom stereocenters. The van der Waals surface area contributed by atoms with Gasteiger partial charge in [0.2, 0.25) is 5.91 Å². The highest BCUT2D eigenvalue weighted by Gasteiger charge is 2.16. The first kappa shape index (κ1) is 76.9. The Kier molecular flexibility index (Phi) is 45.0. The van der Waals surface area contributed by atoms with E-state index in [-0.39, 0.29) is 13.0 Å². The van der Waals surface area contributed by atoms with Gasteiger partial charge in [0.05, 0.1) is 19.6 Å². The zero-order valence-electron chi connectivity index (χ0n) is 43.4. The van der Waals surface area contributed by atoms with Gasteiger partial charge in [0.15, 0.2) is 0 Å². The molecule has 1 aromatic heterocycles. The van der Waals surface area contributed by atoms with Crippen LogP contribution >= 0.6 is 11.8 Å². The number of carboxylic acids is 8. The molecule has 78 heavy (non-hydrogen) atoms. The zero-order valence-corrected chi connectivity index (χ0v) is 44.3. The normalized spacial score (nSPS) is 12.5. The Bertz CT molecular complexity index is 2290. The fourth-order valence-electron chi connectivity index (χ4n) is 4.89. The molecule has 0 fully saturated rings. The van der Waals surface area contributed by atoms with Crippen LogP contribution in [0.3, 0.4) is 0 Å². The molecule has 0 saturated heterocycles. The summed E-state index contributed by atoms with van der Waals surface area (Å²) in [5.74, 6) is -7.61. The van der Waals surface area contributed by atoms with E-state index in [0.717, 1.165) is 33.3 Å². The van der Waals surface area contributed by atoms with Gasteiger partial charge >= 0.3 is 47.8 Å². The molecule has 438 valence electrons. The van der Waals surface area contributed by atoms with E-state index in [9.17, 15) is 43.2 Å². The van der Waals surface area contributed by atoms with Crippen LogP contribution in [0, 0.1) is 5.92 Å². The number of nitrogens with two attached hydrogens (primary N) is 9. The summed E-state index contributed by atoms with van der Waals surface area (Å²) in [7, 11) is 0. The molecule has 28 N–H and O–H groups in total. The van der Waals surface area contributed by atoms with Crippen LogP contribution in [-0.2, 0) is 62.4 Å². The Balaban J connectivity index is -0.000000409. The number of carboxylic acid groups (broad SMARTS) is 8. The summed E-state index contributed by atoms with van der Waals surface area (Å²) in [4.78, 5) is 93.4. The van der Waals surface area contributed by atoms with Crippen LogP contribution in [0.2, 0.25) is 0 Å². The van der Waals surface area contributed by atoms with E-state index < -0.39 is 103 Å². The second-order valence-electron chi connectivity index (χ2n) is 16.4. The first-order valence-electron chi connectivity index (χ1n) is 23.1. The molecule has 0 aliphatic carbocycles. The van der Waals surface area contributed by atoms with Crippen molar-refractivity contribution in [2.75, 3.05) is 25.2 Å². The van der Waals surface area contributed by atoms with Crippen molar-refractivity contribution >= 4 is 76.3 Å². The van der Waals surface area contributed by atoms with Gasteiger partial charge in [-0.05, 0) is 66.4 Å². The molecule has 0 radical (unpaired) electrons. The molecule has 1 heterocycles. The summed E-state index contributed by atoms with van der Waals surface area (Å²) >= 11 is 1.60. The average Bonchev–Trinajstić information content (AvgIpc) is 3.78. The number of primary amides is 1. The van der Waals surface area contributed by atoms with Crippen LogP contribution in [0.4, 0.5) is 0 Å². The number of H-pyrrole nitrogens is 1. The van der Waals surface area contributed by atoms with Crippen molar-refractivity contribution < 1.29 is 89.1 Å². The van der Waals surface area contributed by atoms with Crippen LogP contribution in [0.15, 0.2) is 91.1 Å². The standard InChI is InChI=1S/C11H12N2O2.2C9H11NO2.C6H13NO2.C5H11NO2S.C4H8N2O3.C3H7NO3.C2H5NO2/c12-9(11(14)15)5-7-6-13-10-4-2-1-3-8(7)10;2*10-8(9(11)12)6-7-4-2-1-3-5-7;1-4(2)3-5(7)6(8)9;1-9-3-2-4(6)5(7)8;5-2(4(8)9)1-3(6)7;4-2(1-5)3(6)7;3-1-2(4)5/h1-4,6,9,13H,5,12H2,(H,14,15);2*1-5,8H,6,10H2,(H,11,12);4-5H,3,7H2,1-2H3,(H,8,9);4H,2-3,6H2,1H3,(H,7,8);2H,1,5H2,(H2,6,7)(H,8,9);2,5H,1,4H2,(H,6,7);1,3H2,(H,4,5)/t9-;2*8-;5-;4-;2*2-;/m0000000./s1. The van der Waals surface area contributed by atoms with Gasteiger partial charge in [-0.15, -0.1) is 0 Å². The van der Waals surface area contributed by atoms with Crippen molar-refractivity contribution in [1.82, 2.24) is 4.98 Å². The molecule has 0 aliphatic heterocycles. The third-order valence-electron chi connectivity index (χ3n) is 9.08. The average molecular weight is 1130 g/mol. The monoisotopic (exact) mass is 1130 g/mol. The minimum absolute atomic E-state index is 0.278. The van der Waals surface area contributed by atoms with Crippen molar-refractivity contribution in [2.45, 2.75) is 94.7 Å². The number of thioether (sulfide) groups is 1. The highest BCUT2D eigenvalue weighted by Crippen LogP contribution is 2.18. The van der Waals surface area contributed by atoms with Gasteiger partial charge < -0.3 is 103 Å². The number of aliphatic carboxylic acids is 8. The van der Waals surface area contributed by atoms with E-state index in [1.54, 1.807) is 11.8 Å². The Morgan fingerprint density at radius 1 is 0.513 bits per heavy atom. The fourth-order valence-corrected chi connectivity index (χ4v) is 5.38. The van der Waals surface area contributed by atoms with Crippen LogP contribution in [0.5, 0.6) is 0 Å². The number of amides is 1. The maximum Gasteiger partial charge on any atom is 0.322 e. The number of hydrogen-bond donors (Lipinski definition) is 19. The van der Waals surface area contributed by atoms with Gasteiger partial charge in [0.25, 0.3) is 0 Å². The molecule has 4 aromatic rings. The SMILES string of the molecule is CC(C)C[C@H](N)C(=O)O.CSCC[C@H](N)C(=O)O.NC(=O)C[C@H](N)C(=O)O.NCC(=O)O.N[C@@H](CO)C(=O)O.N[C@@H](Cc1c[nH]c2ccccc12)C(=O)O.N[C@@H](Cc1ccccc1)C(=O)O.N[C@@H](Cc1ccccc1)C(=O)O. The lowest BCUT2D eigenvalue weighted by atomic mass is 10.1. The third kappa shape index (κ3) is 43.6. The predicted molar refractivity (Wildman–Crippen MR) is 292 cm³/mol. The first-order chi connectivity index (χ1) is 36.3. The van der Waals surface area contributed by atoms with Gasteiger partial charge in [0, 0.05) is 23.5 Å². The molecule has 0 aliphatic rings. The third-order valence-corrected chi connectivity index (χ3v) is 9.73. The molecule has 4 rings (SSSR count). The van der Waals surface area contributed by atoms with Gasteiger partial charge in [-0.25, -0.2) is 0 Å². The molecular weight excluding hydrogens is 1050 g/mol. The number of carbonyl (C=O) groups excluding carboxylic acids is 1. The summed E-state index contributed by atoms with van der Waals surface area (Å²) in [6, 6.07) is 20.3. The lowest BCUT2D eigenvalue weighted by molar-refractivity contribution is -0.140. The van der Waals surface area contributed by atoms with E-state index in [0.29, 0.717) is 38.0 Å². The largest absolute Gasteiger partial charge is 0.480 e. The minimum atomic E-state index is -1.21. The number of para-hydroxylation sites is 1. The van der Waals surface area contributed by atoms with Gasteiger partial charge in [-0.2, -0.15) is 11.8 Å². The molecule has 3 aromatic carbocycles. The summed E-state index contributed by atoms with van der Waals surface area (Å²) < 4.78 is 0. The number of aromatic amines is 1. The molecule has 0 bridgehead atoms. The predicted octanol–water partition coefficient (Wildman–Crippen LogP) is -1.31. The van der Waals surface area contributed by atoms with E-state index in [2.05, 4.69) is 16.5 Å². The number of aromatic nitrogens is 1. The fraction of sp³-hybridized carbons (Fsp3) is 0.408. The quantitative estimate of drug-likeness (QED) is 0.0435. The van der Waals surface area contributed by atoms with Gasteiger partial charge in [0.1, 0.15) is 42.3 Å². The maximum atomic E-state index is 10.6. The molecule has 0 saturated carbocycles. The van der Waals surface area contributed by atoms with Gasteiger partial charge in [-0.1, -0.05) is 92.7 Å². The Hall–Kier alpha value is -7.58. The van der Waals surface area contributed by atoms with E-state index in [4.69, 9.17) is 86.1 Å². The van der Waals surface area contributed by atoms with Crippen molar-refractivity contribution in [3.05, 3.63) is 108 Å². The lowest BCUT2D eigenvalue weighted by Crippen LogP contribution is -2.34. The van der Waals surface area contributed by atoms with E-state index in [1.165, 1.54) is 0 Å². The van der Waals surface area contributed by atoms with Crippen molar-refractivity contribution in [3.63, 3.8) is 0 Å². The Labute approximate surface area is 454 Å². The molecule has 1 amide bonds. The van der Waals surface area contributed by atoms with Crippen LogP contribution < -0.4 is 51.6 Å². The Morgan fingerprint density at radius 3 is 1.15 bits per heavy atom. The number of rotatable bonds is 22. The number of benzene rings is 3.